The second kappa shape index (κ2) is 7.53. The highest BCUT2D eigenvalue weighted by molar-refractivity contribution is 7.16. The van der Waals surface area contributed by atoms with Gasteiger partial charge in [-0.3, -0.25) is 14.2 Å². The summed E-state index contributed by atoms with van der Waals surface area (Å²) in [5.41, 5.74) is -0.185. The van der Waals surface area contributed by atoms with E-state index in [2.05, 4.69) is 15.2 Å². The summed E-state index contributed by atoms with van der Waals surface area (Å²) in [6.07, 6.45) is 3.19. The number of likely N-dealkylation sites (tertiary alicyclic amines) is 1. The Labute approximate surface area is 173 Å². The molecule has 8 nitrogen and oxygen atoms in total. The number of thiophene rings is 2. The van der Waals surface area contributed by atoms with Crippen LogP contribution in [0, 0.1) is 0 Å². The highest BCUT2D eigenvalue weighted by atomic mass is 32.1. The van der Waals surface area contributed by atoms with E-state index in [9.17, 15) is 9.59 Å². The predicted molar refractivity (Wildman–Crippen MR) is 110 cm³/mol. The van der Waals surface area contributed by atoms with E-state index >= 15 is 0 Å². The number of piperidine rings is 1. The third kappa shape index (κ3) is 3.49. The highest BCUT2D eigenvalue weighted by Crippen LogP contribution is 2.30. The van der Waals surface area contributed by atoms with E-state index < -0.39 is 0 Å². The minimum Gasteiger partial charge on any atom is -0.420 e. The summed E-state index contributed by atoms with van der Waals surface area (Å²) in [7, 11) is 0. The standard InChI is InChI=1S/C19H17N5O3S2/c25-15(10-24-11-20-18-13(19(24)26)5-8-29-18)23-6-1-3-12(9-23)16-21-22-17(27-16)14-4-2-7-28-14/h2,4-5,7-8,11-12H,1,3,6,9-10H2/t12-/m0/s1. The Balaban J connectivity index is 1.30. The van der Waals surface area contributed by atoms with Crippen molar-refractivity contribution >= 4 is 38.8 Å². The molecule has 0 bridgehead atoms. The molecule has 4 aromatic heterocycles. The van der Waals surface area contributed by atoms with Crippen LogP contribution in [0.3, 0.4) is 0 Å². The topological polar surface area (TPSA) is 94.1 Å². The lowest BCUT2D eigenvalue weighted by Crippen LogP contribution is -2.42. The number of amides is 1. The van der Waals surface area contributed by atoms with Gasteiger partial charge in [0.15, 0.2) is 0 Å². The second-order valence-electron chi connectivity index (χ2n) is 6.92. The molecule has 29 heavy (non-hydrogen) atoms. The van der Waals surface area contributed by atoms with Gasteiger partial charge in [-0.2, -0.15) is 0 Å². The Bertz CT molecular complexity index is 1210. The Morgan fingerprint density at radius 1 is 1.24 bits per heavy atom. The maximum absolute atomic E-state index is 12.8. The van der Waals surface area contributed by atoms with Gasteiger partial charge in [0.1, 0.15) is 11.4 Å². The molecule has 1 saturated heterocycles. The molecular formula is C19H17N5O3S2. The SMILES string of the molecule is O=C(Cn1cnc2sccc2c1=O)N1CCC[C@H](c2nnc(-c3cccs3)o2)C1. The molecule has 1 fully saturated rings. The Morgan fingerprint density at radius 2 is 2.17 bits per heavy atom. The number of carbonyl (C=O) groups excluding carboxylic acids is 1. The molecule has 1 amide bonds. The van der Waals surface area contributed by atoms with Crippen LogP contribution < -0.4 is 5.56 Å². The normalized spacial score (nSPS) is 17.1. The van der Waals surface area contributed by atoms with Crippen molar-refractivity contribution < 1.29 is 9.21 Å². The van der Waals surface area contributed by atoms with E-state index in [1.54, 1.807) is 22.3 Å². The van der Waals surface area contributed by atoms with Gasteiger partial charge in [-0.1, -0.05) is 6.07 Å². The molecule has 0 spiro atoms. The minimum atomic E-state index is -0.185. The van der Waals surface area contributed by atoms with Crippen LogP contribution in [0.2, 0.25) is 0 Å². The first-order chi connectivity index (χ1) is 14.2. The van der Waals surface area contributed by atoms with E-state index in [0.29, 0.717) is 35.1 Å². The quantitative estimate of drug-likeness (QED) is 0.497. The van der Waals surface area contributed by atoms with Gasteiger partial charge in [-0.15, -0.1) is 32.9 Å². The maximum atomic E-state index is 12.8. The number of nitrogens with zero attached hydrogens (tertiary/aromatic N) is 5. The number of hydrogen-bond donors (Lipinski definition) is 0. The zero-order valence-electron chi connectivity index (χ0n) is 15.4. The molecule has 148 valence electrons. The van der Waals surface area contributed by atoms with Crippen LogP contribution in [0.4, 0.5) is 0 Å². The van der Waals surface area contributed by atoms with E-state index in [-0.39, 0.29) is 23.9 Å². The van der Waals surface area contributed by atoms with Crippen LogP contribution in [-0.2, 0) is 11.3 Å². The van der Waals surface area contributed by atoms with Crippen molar-refractivity contribution in [2.45, 2.75) is 25.3 Å². The first-order valence-electron chi connectivity index (χ1n) is 9.27. The van der Waals surface area contributed by atoms with Gasteiger partial charge in [0.05, 0.1) is 22.5 Å². The molecule has 1 atom stereocenters. The van der Waals surface area contributed by atoms with Gasteiger partial charge in [0.25, 0.3) is 11.4 Å². The number of rotatable bonds is 4. The van der Waals surface area contributed by atoms with Crippen LogP contribution >= 0.6 is 22.7 Å². The summed E-state index contributed by atoms with van der Waals surface area (Å²) < 4.78 is 7.24. The summed E-state index contributed by atoms with van der Waals surface area (Å²) in [4.78, 5) is 33.0. The lowest BCUT2D eigenvalue weighted by molar-refractivity contribution is -0.133. The van der Waals surface area contributed by atoms with Gasteiger partial charge in [0, 0.05) is 13.1 Å². The molecule has 0 N–H and O–H groups in total. The smallest absolute Gasteiger partial charge is 0.262 e. The van der Waals surface area contributed by atoms with Crippen LogP contribution in [0.15, 0.2) is 44.5 Å². The minimum absolute atomic E-state index is 0.00288. The van der Waals surface area contributed by atoms with Gasteiger partial charge in [-0.25, -0.2) is 4.98 Å². The molecule has 0 aromatic carbocycles. The number of aromatic nitrogens is 4. The maximum Gasteiger partial charge on any atom is 0.262 e. The molecule has 1 aliphatic heterocycles. The fraction of sp³-hybridized carbons (Fsp3) is 0.316. The zero-order valence-corrected chi connectivity index (χ0v) is 17.0. The van der Waals surface area contributed by atoms with Crippen LogP contribution in [0.25, 0.3) is 21.0 Å². The summed E-state index contributed by atoms with van der Waals surface area (Å²) in [6.45, 7) is 1.15. The monoisotopic (exact) mass is 427 g/mol. The van der Waals surface area contributed by atoms with E-state index in [1.807, 2.05) is 22.9 Å². The van der Waals surface area contributed by atoms with Crippen molar-refractivity contribution in [3.8, 4) is 10.8 Å². The third-order valence-corrected chi connectivity index (χ3v) is 6.73. The summed E-state index contributed by atoms with van der Waals surface area (Å²) >= 11 is 2.96. The third-order valence-electron chi connectivity index (χ3n) is 5.05. The second-order valence-corrected chi connectivity index (χ2v) is 8.76. The number of carbonyl (C=O) groups is 1. The van der Waals surface area contributed by atoms with Gasteiger partial charge >= 0.3 is 0 Å². The van der Waals surface area contributed by atoms with Crippen LogP contribution in [-0.4, -0.2) is 43.6 Å². The number of fused-ring (bicyclic) bond motifs is 1. The average Bonchev–Trinajstić information content (AvgIpc) is 3.50. The molecule has 0 radical (unpaired) electrons. The fourth-order valence-electron chi connectivity index (χ4n) is 3.56. The fourth-order valence-corrected chi connectivity index (χ4v) is 4.92. The largest absolute Gasteiger partial charge is 0.420 e. The average molecular weight is 428 g/mol. The summed E-state index contributed by atoms with van der Waals surface area (Å²) in [5.74, 6) is 0.971. The summed E-state index contributed by atoms with van der Waals surface area (Å²) in [6, 6.07) is 5.62. The lowest BCUT2D eigenvalue weighted by atomic mass is 9.98. The van der Waals surface area contributed by atoms with Crippen molar-refractivity contribution in [3.63, 3.8) is 0 Å². The first kappa shape index (κ1) is 18.2. The van der Waals surface area contributed by atoms with Gasteiger partial charge in [0.2, 0.25) is 11.8 Å². The zero-order chi connectivity index (χ0) is 19.8. The number of hydrogen-bond acceptors (Lipinski definition) is 8. The van der Waals surface area contributed by atoms with Crippen LogP contribution in [0.5, 0.6) is 0 Å². The van der Waals surface area contributed by atoms with Crippen molar-refractivity contribution in [1.29, 1.82) is 0 Å². The van der Waals surface area contributed by atoms with Crippen molar-refractivity contribution in [3.05, 3.63) is 51.5 Å². The molecule has 5 heterocycles. The first-order valence-corrected chi connectivity index (χ1v) is 11.0. The van der Waals surface area contributed by atoms with Crippen molar-refractivity contribution in [2.75, 3.05) is 13.1 Å². The van der Waals surface area contributed by atoms with Crippen molar-refractivity contribution in [1.82, 2.24) is 24.6 Å². The van der Waals surface area contributed by atoms with Crippen LogP contribution in [0.1, 0.15) is 24.7 Å². The van der Waals surface area contributed by atoms with Gasteiger partial charge in [-0.05, 0) is 35.7 Å². The predicted octanol–water partition coefficient (Wildman–Crippen LogP) is 2.98. The van der Waals surface area contributed by atoms with Crippen molar-refractivity contribution in [2.24, 2.45) is 0 Å². The Morgan fingerprint density at radius 3 is 3.03 bits per heavy atom. The molecule has 0 unspecified atom stereocenters. The Kier molecular flexibility index (Phi) is 4.72. The molecule has 5 rings (SSSR count). The van der Waals surface area contributed by atoms with Gasteiger partial charge < -0.3 is 9.32 Å². The van der Waals surface area contributed by atoms with E-state index in [4.69, 9.17) is 4.42 Å². The molecule has 4 aromatic rings. The Hall–Kier alpha value is -2.85. The molecular weight excluding hydrogens is 410 g/mol. The molecule has 1 aliphatic rings. The lowest BCUT2D eigenvalue weighted by Gasteiger charge is -2.31. The summed E-state index contributed by atoms with van der Waals surface area (Å²) in [5, 5.41) is 12.7. The van der Waals surface area contributed by atoms with E-state index in [1.165, 1.54) is 22.2 Å². The molecule has 0 saturated carbocycles. The molecule has 0 aliphatic carbocycles. The van der Waals surface area contributed by atoms with E-state index in [0.717, 1.165) is 17.7 Å². The highest BCUT2D eigenvalue weighted by Gasteiger charge is 2.29. The molecule has 10 heteroatoms.